The van der Waals surface area contributed by atoms with Crippen molar-refractivity contribution < 1.29 is 4.74 Å². The molecule has 0 aliphatic carbocycles. The van der Waals surface area contributed by atoms with Gasteiger partial charge in [0.15, 0.2) is 0 Å². The lowest BCUT2D eigenvalue weighted by Gasteiger charge is -2.22. The van der Waals surface area contributed by atoms with Crippen LogP contribution in [-0.4, -0.2) is 29.5 Å². The summed E-state index contributed by atoms with van der Waals surface area (Å²) in [6.45, 7) is 3.90. The van der Waals surface area contributed by atoms with E-state index in [4.69, 9.17) is 10.5 Å². The number of hydrogen-bond acceptors (Lipinski definition) is 4. The molecule has 4 heteroatoms. The van der Waals surface area contributed by atoms with Gasteiger partial charge in [-0.2, -0.15) is 0 Å². The topological polar surface area (TPSA) is 48.1 Å². The van der Waals surface area contributed by atoms with E-state index in [-0.39, 0.29) is 6.04 Å². The number of thioether (sulfide) groups is 1. The number of hydrogen-bond donors (Lipinski definition) is 1. The summed E-state index contributed by atoms with van der Waals surface area (Å²) in [5.74, 6) is 0. The van der Waals surface area contributed by atoms with Crippen molar-refractivity contribution >= 4 is 11.8 Å². The van der Waals surface area contributed by atoms with E-state index in [1.54, 1.807) is 0 Å². The van der Waals surface area contributed by atoms with Gasteiger partial charge in [0.1, 0.15) is 0 Å². The molecular formula is C14H22N2OS. The minimum Gasteiger partial charge on any atom is -0.381 e. The average Bonchev–Trinajstić information content (AvgIpc) is 2.42. The van der Waals surface area contributed by atoms with E-state index >= 15 is 0 Å². The fourth-order valence-electron chi connectivity index (χ4n) is 2.06. The van der Waals surface area contributed by atoms with E-state index in [0.29, 0.717) is 5.25 Å². The number of nitrogens with zero attached hydrogens (tertiary/aromatic N) is 1. The molecule has 2 heterocycles. The van der Waals surface area contributed by atoms with Gasteiger partial charge in [0.05, 0.1) is 5.03 Å². The first kappa shape index (κ1) is 13.8. The molecule has 1 atom stereocenters. The average molecular weight is 266 g/mol. The normalized spacial score (nSPS) is 18.8. The van der Waals surface area contributed by atoms with Crippen molar-refractivity contribution in [3.8, 4) is 0 Å². The summed E-state index contributed by atoms with van der Waals surface area (Å²) >= 11 is 1.90. The molecule has 3 nitrogen and oxygen atoms in total. The van der Waals surface area contributed by atoms with Crippen molar-refractivity contribution in [3.05, 3.63) is 23.9 Å². The molecule has 0 amide bonds. The van der Waals surface area contributed by atoms with Gasteiger partial charge in [-0.1, -0.05) is 13.0 Å². The molecule has 1 unspecified atom stereocenters. The Hall–Kier alpha value is -0.580. The van der Waals surface area contributed by atoms with E-state index in [2.05, 4.69) is 18.0 Å². The second-order valence-corrected chi connectivity index (χ2v) is 6.06. The van der Waals surface area contributed by atoms with Crippen molar-refractivity contribution in [2.75, 3.05) is 13.2 Å². The van der Waals surface area contributed by atoms with Crippen molar-refractivity contribution in [1.82, 2.24) is 4.98 Å². The minimum absolute atomic E-state index is 0.239. The second-order valence-electron chi connectivity index (χ2n) is 4.77. The third kappa shape index (κ3) is 3.97. The van der Waals surface area contributed by atoms with Crippen LogP contribution in [0.2, 0.25) is 0 Å². The molecule has 18 heavy (non-hydrogen) atoms. The Morgan fingerprint density at radius 3 is 3.00 bits per heavy atom. The van der Waals surface area contributed by atoms with Crippen molar-refractivity contribution in [1.29, 1.82) is 0 Å². The summed E-state index contributed by atoms with van der Waals surface area (Å²) in [7, 11) is 0. The monoisotopic (exact) mass is 266 g/mol. The molecule has 2 rings (SSSR count). The SMILES string of the molecule is CCC(N)Cc1cccnc1SC1CCOCC1. The molecule has 1 fully saturated rings. The van der Waals surface area contributed by atoms with Gasteiger partial charge in [0, 0.05) is 30.7 Å². The summed E-state index contributed by atoms with van der Waals surface area (Å²) in [5, 5.41) is 1.80. The number of pyridine rings is 1. The van der Waals surface area contributed by atoms with Gasteiger partial charge >= 0.3 is 0 Å². The summed E-state index contributed by atoms with van der Waals surface area (Å²) in [5.41, 5.74) is 7.34. The first-order valence-electron chi connectivity index (χ1n) is 6.73. The van der Waals surface area contributed by atoms with Gasteiger partial charge in [-0.05, 0) is 37.3 Å². The molecule has 1 saturated heterocycles. The molecule has 0 radical (unpaired) electrons. The number of rotatable bonds is 5. The quantitative estimate of drug-likeness (QED) is 0.890. The molecule has 1 aliphatic rings. The lowest BCUT2D eigenvalue weighted by atomic mass is 10.1. The highest BCUT2D eigenvalue weighted by Gasteiger charge is 2.17. The molecule has 2 N–H and O–H groups in total. The van der Waals surface area contributed by atoms with Gasteiger partial charge < -0.3 is 10.5 Å². The van der Waals surface area contributed by atoms with E-state index in [1.165, 1.54) is 5.56 Å². The standard InChI is InChI=1S/C14H22N2OS/c1-2-12(15)10-11-4-3-7-16-14(11)18-13-5-8-17-9-6-13/h3-4,7,12-13H,2,5-6,8-10,15H2,1H3. The van der Waals surface area contributed by atoms with Crippen LogP contribution in [0.3, 0.4) is 0 Å². The Balaban J connectivity index is 2.01. The number of ether oxygens (including phenoxy) is 1. The van der Waals surface area contributed by atoms with E-state index in [9.17, 15) is 0 Å². The fraction of sp³-hybridized carbons (Fsp3) is 0.643. The summed E-state index contributed by atoms with van der Waals surface area (Å²) < 4.78 is 5.40. The van der Waals surface area contributed by atoms with Crippen LogP contribution in [0.15, 0.2) is 23.4 Å². The van der Waals surface area contributed by atoms with Gasteiger partial charge in [-0.25, -0.2) is 4.98 Å². The molecule has 1 aromatic heterocycles. The molecule has 0 saturated carbocycles. The third-order valence-electron chi connectivity index (χ3n) is 3.30. The minimum atomic E-state index is 0.239. The molecule has 0 spiro atoms. The first-order chi connectivity index (χ1) is 8.79. The van der Waals surface area contributed by atoms with Crippen LogP contribution < -0.4 is 5.73 Å². The van der Waals surface area contributed by atoms with Crippen LogP contribution in [0.5, 0.6) is 0 Å². The maximum absolute atomic E-state index is 6.05. The highest BCUT2D eigenvalue weighted by atomic mass is 32.2. The highest BCUT2D eigenvalue weighted by molar-refractivity contribution is 7.99. The largest absolute Gasteiger partial charge is 0.381 e. The molecule has 0 bridgehead atoms. The predicted octanol–water partition coefficient (Wildman–Crippen LogP) is 2.63. The van der Waals surface area contributed by atoms with E-state index in [1.807, 2.05) is 24.0 Å². The zero-order valence-electron chi connectivity index (χ0n) is 11.0. The predicted molar refractivity (Wildman–Crippen MR) is 75.9 cm³/mol. The van der Waals surface area contributed by atoms with Gasteiger partial charge in [-0.3, -0.25) is 0 Å². The Morgan fingerprint density at radius 2 is 2.28 bits per heavy atom. The zero-order valence-corrected chi connectivity index (χ0v) is 11.8. The molecule has 100 valence electrons. The Bertz CT molecular complexity index is 367. The van der Waals surface area contributed by atoms with Crippen LogP contribution in [0.1, 0.15) is 31.7 Å². The summed E-state index contributed by atoms with van der Waals surface area (Å²) in [6, 6.07) is 4.40. The van der Waals surface area contributed by atoms with E-state index in [0.717, 1.165) is 43.9 Å². The third-order valence-corrected chi connectivity index (χ3v) is 4.70. The summed E-state index contributed by atoms with van der Waals surface area (Å²) in [4.78, 5) is 4.53. The molecular weight excluding hydrogens is 244 g/mol. The van der Waals surface area contributed by atoms with Crippen molar-refractivity contribution in [2.45, 2.75) is 48.9 Å². The van der Waals surface area contributed by atoms with Crippen molar-refractivity contribution in [2.24, 2.45) is 5.73 Å². The zero-order chi connectivity index (χ0) is 12.8. The molecule has 1 aromatic rings. The van der Waals surface area contributed by atoms with Crippen LogP contribution in [-0.2, 0) is 11.2 Å². The van der Waals surface area contributed by atoms with Gasteiger partial charge in [0.25, 0.3) is 0 Å². The van der Waals surface area contributed by atoms with Crippen LogP contribution in [0.25, 0.3) is 0 Å². The Morgan fingerprint density at radius 1 is 1.50 bits per heavy atom. The Labute approximate surface area is 114 Å². The highest BCUT2D eigenvalue weighted by Crippen LogP contribution is 2.30. The summed E-state index contributed by atoms with van der Waals surface area (Å²) in [6.07, 6.45) is 6.07. The maximum atomic E-state index is 6.05. The van der Waals surface area contributed by atoms with Crippen LogP contribution >= 0.6 is 11.8 Å². The fourth-order valence-corrected chi connectivity index (χ4v) is 3.23. The van der Waals surface area contributed by atoms with Crippen molar-refractivity contribution in [3.63, 3.8) is 0 Å². The molecule has 0 aromatic carbocycles. The smallest absolute Gasteiger partial charge is 0.0995 e. The van der Waals surface area contributed by atoms with Crippen LogP contribution in [0.4, 0.5) is 0 Å². The van der Waals surface area contributed by atoms with E-state index < -0.39 is 0 Å². The second kappa shape index (κ2) is 7.12. The van der Waals surface area contributed by atoms with Gasteiger partial charge in [-0.15, -0.1) is 11.8 Å². The number of aromatic nitrogens is 1. The van der Waals surface area contributed by atoms with Gasteiger partial charge in [0.2, 0.25) is 0 Å². The lowest BCUT2D eigenvalue weighted by Crippen LogP contribution is -2.22. The Kier molecular flexibility index (Phi) is 5.47. The van der Waals surface area contributed by atoms with Crippen LogP contribution in [0, 0.1) is 0 Å². The number of nitrogens with two attached hydrogens (primary N) is 1. The lowest BCUT2D eigenvalue weighted by molar-refractivity contribution is 0.1000. The molecule has 1 aliphatic heterocycles. The first-order valence-corrected chi connectivity index (χ1v) is 7.61. The maximum Gasteiger partial charge on any atom is 0.0995 e.